The summed E-state index contributed by atoms with van der Waals surface area (Å²) in [5, 5.41) is 0. The van der Waals surface area contributed by atoms with Gasteiger partial charge in [-0.3, -0.25) is 4.90 Å². The molecule has 1 amide bonds. The van der Waals surface area contributed by atoms with Gasteiger partial charge in [0.05, 0.1) is 0 Å². The lowest BCUT2D eigenvalue weighted by atomic mass is 10.0. The Balaban J connectivity index is 2.04. The molecule has 1 aromatic carbocycles. The van der Waals surface area contributed by atoms with Crippen molar-refractivity contribution < 1.29 is 9.53 Å². The molecule has 2 rings (SSSR count). The summed E-state index contributed by atoms with van der Waals surface area (Å²) in [6.07, 6.45) is 0.835. The van der Waals surface area contributed by atoms with Crippen molar-refractivity contribution in [3.63, 3.8) is 0 Å². The van der Waals surface area contributed by atoms with Crippen LogP contribution in [0.4, 0.5) is 4.79 Å². The van der Waals surface area contributed by atoms with Crippen LogP contribution < -0.4 is 0 Å². The molecule has 1 heterocycles. The molecule has 4 nitrogen and oxygen atoms in total. The lowest BCUT2D eigenvalue weighted by molar-refractivity contribution is -0.0150. The van der Waals surface area contributed by atoms with Crippen LogP contribution in [-0.4, -0.2) is 46.7 Å². The van der Waals surface area contributed by atoms with E-state index in [4.69, 9.17) is 4.74 Å². The number of carbonyl (C=O) groups excluding carboxylic acids is 1. The highest BCUT2D eigenvalue weighted by Crippen LogP contribution is 2.22. The van der Waals surface area contributed by atoms with Crippen molar-refractivity contribution >= 4 is 6.09 Å². The Morgan fingerprint density at radius 1 is 1.22 bits per heavy atom. The van der Waals surface area contributed by atoms with E-state index >= 15 is 0 Å². The summed E-state index contributed by atoms with van der Waals surface area (Å²) >= 11 is 0. The van der Waals surface area contributed by atoms with Gasteiger partial charge in [0.1, 0.15) is 5.60 Å². The van der Waals surface area contributed by atoms with Crippen LogP contribution >= 0.6 is 0 Å². The largest absolute Gasteiger partial charge is 0.444 e. The topological polar surface area (TPSA) is 32.8 Å². The van der Waals surface area contributed by atoms with Gasteiger partial charge in [-0.2, -0.15) is 0 Å². The van der Waals surface area contributed by atoms with Gasteiger partial charge in [-0.1, -0.05) is 37.3 Å². The lowest BCUT2D eigenvalue weighted by Crippen LogP contribution is -2.59. The van der Waals surface area contributed by atoms with E-state index in [1.54, 1.807) is 0 Å². The smallest absolute Gasteiger partial charge is 0.410 e. The summed E-state index contributed by atoms with van der Waals surface area (Å²) in [5.74, 6) is 0. The average molecular weight is 318 g/mol. The average Bonchev–Trinajstić information content (AvgIpc) is 2.46. The van der Waals surface area contributed by atoms with E-state index in [-0.39, 0.29) is 12.1 Å². The van der Waals surface area contributed by atoms with Crippen LogP contribution in [0.3, 0.4) is 0 Å². The second-order valence-corrected chi connectivity index (χ2v) is 7.46. The summed E-state index contributed by atoms with van der Waals surface area (Å²) < 4.78 is 5.56. The molecule has 1 fully saturated rings. The summed E-state index contributed by atoms with van der Waals surface area (Å²) in [7, 11) is 0. The Labute approximate surface area is 140 Å². The minimum absolute atomic E-state index is 0.163. The maximum absolute atomic E-state index is 12.4. The minimum Gasteiger partial charge on any atom is -0.444 e. The third-order valence-corrected chi connectivity index (χ3v) is 4.28. The van der Waals surface area contributed by atoms with Crippen LogP contribution in [-0.2, 0) is 11.3 Å². The molecule has 0 radical (unpaired) electrons. The molecule has 0 unspecified atom stereocenters. The Morgan fingerprint density at radius 2 is 1.87 bits per heavy atom. The van der Waals surface area contributed by atoms with E-state index in [1.165, 1.54) is 5.56 Å². The van der Waals surface area contributed by atoms with Crippen LogP contribution in [0.15, 0.2) is 30.3 Å². The van der Waals surface area contributed by atoms with Gasteiger partial charge in [0.25, 0.3) is 0 Å². The third kappa shape index (κ3) is 4.96. The predicted octanol–water partition coefficient (Wildman–Crippen LogP) is 3.91. The second-order valence-electron chi connectivity index (χ2n) is 7.46. The highest BCUT2D eigenvalue weighted by molar-refractivity contribution is 5.68. The molecule has 0 bridgehead atoms. The van der Waals surface area contributed by atoms with Crippen LogP contribution in [0, 0.1) is 0 Å². The first-order valence-corrected chi connectivity index (χ1v) is 8.57. The van der Waals surface area contributed by atoms with E-state index in [9.17, 15) is 4.79 Å². The van der Waals surface area contributed by atoms with Gasteiger partial charge < -0.3 is 9.64 Å². The molecule has 1 saturated heterocycles. The Kier molecular flexibility index (Phi) is 5.69. The number of nitrogens with zero attached hydrogens (tertiary/aromatic N) is 2. The number of rotatable bonds is 3. The standard InChI is InChI=1S/C19H30N2O2/c1-6-17-14-21(18(22)23-19(3,4)5)15(2)12-20(17)13-16-10-8-7-9-11-16/h7-11,15,17H,6,12-14H2,1-5H3/t15-,17+/m0/s1. The highest BCUT2D eigenvalue weighted by atomic mass is 16.6. The summed E-state index contributed by atoms with van der Waals surface area (Å²) in [6, 6.07) is 11.1. The molecule has 1 aliphatic heterocycles. The molecule has 0 aliphatic carbocycles. The van der Waals surface area contributed by atoms with Gasteiger partial charge in [-0.25, -0.2) is 4.79 Å². The molecule has 0 spiro atoms. The van der Waals surface area contributed by atoms with Gasteiger partial charge in [0.2, 0.25) is 0 Å². The SMILES string of the molecule is CC[C@@H]1CN(C(=O)OC(C)(C)C)[C@@H](C)CN1Cc1ccccc1. The van der Waals surface area contributed by atoms with Crippen molar-refractivity contribution in [2.24, 2.45) is 0 Å². The first-order chi connectivity index (χ1) is 10.8. The zero-order chi connectivity index (χ0) is 17.0. The molecule has 4 heteroatoms. The predicted molar refractivity (Wildman–Crippen MR) is 93.3 cm³/mol. The quantitative estimate of drug-likeness (QED) is 0.847. The zero-order valence-electron chi connectivity index (χ0n) is 15.1. The van der Waals surface area contributed by atoms with Crippen molar-refractivity contribution in [2.45, 2.75) is 65.3 Å². The minimum atomic E-state index is -0.445. The fraction of sp³-hybridized carbons (Fsp3) is 0.632. The first-order valence-electron chi connectivity index (χ1n) is 8.57. The van der Waals surface area contributed by atoms with Gasteiger partial charge in [0.15, 0.2) is 0 Å². The van der Waals surface area contributed by atoms with E-state index in [0.717, 1.165) is 26.1 Å². The van der Waals surface area contributed by atoms with E-state index in [0.29, 0.717) is 6.04 Å². The Hall–Kier alpha value is -1.55. The normalized spacial score (nSPS) is 22.9. The van der Waals surface area contributed by atoms with Gasteiger partial charge in [-0.15, -0.1) is 0 Å². The number of amides is 1. The maximum Gasteiger partial charge on any atom is 0.410 e. The molecule has 0 aromatic heterocycles. The number of piperazine rings is 1. The number of benzene rings is 1. The molecule has 0 N–H and O–H groups in total. The van der Waals surface area contributed by atoms with Crippen LogP contribution in [0.5, 0.6) is 0 Å². The molecule has 2 atom stereocenters. The maximum atomic E-state index is 12.4. The van der Waals surface area contributed by atoms with E-state index in [1.807, 2.05) is 31.7 Å². The van der Waals surface area contributed by atoms with Gasteiger partial charge in [-0.05, 0) is 39.7 Å². The van der Waals surface area contributed by atoms with Crippen LogP contribution in [0.2, 0.25) is 0 Å². The van der Waals surface area contributed by atoms with Crippen molar-refractivity contribution in [3.05, 3.63) is 35.9 Å². The Bertz CT molecular complexity index is 510. The van der Waals surface area contributed by atoms with Crippen molar-refractivity contribution in [1.82, 2.24) is 9.80 Å². The van der Waals surface area contributed by atoms with E-state index < -0.39 is 5.60 Å². The monoisotopic (exact) mass is 318 g/mol. The summed E-state index contributed by atoms with van der Waals surface area (Å²) in [6.45, 7) is 12.6. The van der Waals surface area contributed by atoms with Crippen molar-refractivity contribution in [1.29, 1.82) is 0 Å². The fourth-order valence-corrected chi connectivity index (χ4v) is 3.08. The second kappa shape index (κ2) is 7.35. The highest BCUT2D eigenvalue weighted by Gasteiger charge is 2.35. The number of carbonyl (C=O) groups is 1. The molecule has 23 heavy (non-hydrogen) atoms. The molecular weight excluding hydrogens is 288 g/mol. The van der Waals surface area contributed by atoms with Crippen molar-refractivity contribution in [3.8, 4) is 0 Å². The number of ether oxygens (including phenoxy) is 1. The number of hydrogen-bond acceptors (Lipinski definition) is 3. The molecule has 1 aromatic rings. The summed E-state index contributed by atoms with van der Waals surface area (Å²) in [4.78, 5) is 16.8. The fourth-order valence-electron chi connectivity index (χ4n) is 3.08. The van der Waals surface area contributed by atoms with Gasteiger partial charge >= 0.3 is 6.09 Å². The third-order valence-electron chi connectivity index (χ3n) is 4.28. The van der Waals surface area contributed by atoms with Crippen LogP contribution in [0.25, 0.3) is 0 Å². The first kappa shape index (κ1) is 17.8. The van der Waals surface area contributed by atoms with E-state index in [2.05, 4.69) is 43.0 Å². The van der Waals surface area contributed by atoms with Gasteiger partial charge in [0, 0.05) is 31.7 Å². The molecular formula is C19H30N2O2. The molecule has 1 aliphatic rings. The lowest BCUT2D eigenvalue weighted by Gasteiger charge is -2.45. The molecule has 0 saturated carbocycles. The van der Waals surface area contributed by atoms with Crippen LogP contribution in [0.1, 0.15) is 46.6 Å². The van der Waals surface area contributed by atoms with Crippen molar-refractivity contribution in [2.75, 3.05) is 13.1 Å². The zero-order valence-corrected chi connectivity index (χ0v) is 15.1. The number of hydrogen-bond donors (Lipinski definition) is 0. The Morgan fingerprint density at radius 3 is 2.43 bits per heavy atom. The molecule has 128 valence electrons. The summed E-state index contributed by atoms with van der Waals surface area (Å²) in [5.41, 5.74) is 0.878.